The Bertz CT molecular complexity index is 267. The number of hydrogen-bond donors (Lipinski definition) is 1. The zero-order chi connectivity index (χ0) is 13.2. The van der Waals surface area contributed by atoms with E-state index >= 15 is 0 Å². The van der Waals surface area contributed by atoms with Crippen molar-refractivity contribution in [3.63, 3.8) is 0 Å². The highest BCUT2D eigenvalue weighted by Crippen LogP contribution is 2.25. The van der Waals surface area contributed by atoms with Crippen molar-refractivity contribution in [3.05, 3.63) is 0 Å². The molecule has 0 aromatic heterocycles. The van der Waals surface area contributed by atoms with Crippen LogP contribution in [0.1, 0.15) is 53.4 Å². The van der Waals surface area contributed by atoms with E-state index in [4.69, 9.17) is 4.74 Å². The minimum Gasteiger partial charge on any atom is -0.374 e. The first-order valence-corrected chi connectivity index (χ1v) is 7.65. The molecule has 0 aromatic rings. The van der Waals surface area contributed by atoms with Gasteiger partial charge in [0.25, 0.3) is 0 Å². The van der Waals surface area contributed by atoms with Crippen LogP contribution in [0.2, 0.25) is 0 Å². The number of piperazine rings is 1. The monoisotopic (exact) mass is 254 g/mol. The van der Waals surface area contributed by atoms with E-state index in [2.05, 4.69) is 37.9 Å². The smallest absolute Gasteiger partial charge is 0.0706 e. The number of nitrogens with one attached hydrogen (secondary N) is 1. The van der Waals surface area contributed by atoms with Crippen molar-refractivity contribution in [1.82, 2.24) is 10.2 Å². The molecule has 1 N–H and O–H groups in total. The molecule has 0 radical (unpaired) electrons. The van der Waals surface area contributed by atoms with Crippen molar-refractivity contribution in [2.45, 2.75) is 77.2 Å². The van der Waals surface area contributed by atoms with Gasteiger partial charge in [-0.1, -0.05) is 13.3 Å². The topological polar surface area (TPSA) is 24.5 Å². The first-order chi connectivity index (χ1) is 8.51. The summed E-state index contributed by atoms with van der Waals surface area (Å²) in [6, 6.07) is 0.668. The van der Waals surface area contributed by atoms with Gasteiger partial charge in [-0.05, 0) is 40.0 Å². The second-order valence-electron chi connectivity index (χ2n) is 6.73. The molecule has 0 aromatic carbocycles. The van der Waals surface area contributed by atoms with Crippen LogP contribution >= 0.6 is 0 Å². The van der Waals surface area contributed by atoms with Crippen LogP contribution in [-0.4, -0.2) is 48.3 Å². The summed E-state index contributed by atoms with van der Waals surface area (Å²) in [7, 11) is 0. The summed E-state index contributed by atoms with van der Waals surface area (Å²) in [4.78, 5) is 2.65. The Kier molecular flexibility index (Phi) is 4.68. The maximum atomic E-state index is 5.99. The molecule has 2 saturated heterocycles. The number of hydrogen-bond acceptors (Lipinski definition) is 3. The van der Waals surface area contributed by atoms with E-state index in [0.717, 1.165) is 13.1 Å². The molecule has 0 amide bonds. The zero-order valence-corrected chi connectivity index (χ0v) is 12.5. The zero-order valence-electron chi connectivity index (χ0n) is 12.5. The predicted octanol–water partition coefficient (Wildman–Crippen LogP) is 2.41. The van der Waals surface area contributed by atoms with E-state index in [1.807, 2.05) is 0 Å². The Balaban J connectivity index is 1.90. The molecule has 3 heteroatoms. The summed E-state index contributed by atoms with van der Waals surface area (Å²) in [5, 5.41) is 3.69. The largest absolute Gasteiger partial charge is 0.374 e. The van der Waals surface area contributed by atoms with Gasteiger partial charge < -0.3 is 10.1 Å². The molecule has 3 nitrogen and oxygen atoms in total. The molecule has 2 fully saturated rings. The van der Waals surface area contributed by atoms with Crippen LogP contribution in [0.3, 0.4) is 0 Å². The van der Waals surface area contributed by atoms with Gasteiger partial charge in [-0.2, -0.15) is 0 Å². The van der Waals surface area contributed by atoms with Gasteiger partial charge in [0.15, 0.2) is 0 Å². The van der Waals surface area contributed by atoms with Gasteiger partial charge in [0.2, 0.25) is 0 Å². The Labute approximate surface area is 112 Å². The normalized spacial score (nSPS) is 37.0. The SMILES string of the molecule is CCCC1CN(CC2CCC(C)O2)C(C)(C)CN1. The lowest BCUT2D eigenvalue weighted by atomic mass is 9.95. The molecule has 2 aliphatic rings. The van der Waals surface area contributed by atoms with Crippen molar-refractivity contribution in [3.8, 4) is 0 Å². The lowest BCUT2D eigenvalue weighted by molar-refractivity contribution is -0.0119. The Morgan fingerprint density at radius 3 is 2.72 bits per heavy atom. The van der Waals surface area contributed by atoms with Crippen LogP contribution in [0.4, 0.5) is 0 Å². The average Bonchev–Trinajstić information content (AvgIpc) is 2.70. The third-order valence-corrected chi connectivity index (χ3v) is 4.50. The van der Waals surface area contributed by atoms with Gasteiger partial charge in [0.05, 0.1) is 12.2 Å². The maximum absolute atomic E-state index is 5.99. The van der Waals surface area contributed by atoms with Gasteiger partial charge in [0.1, 0.15) is 0 Å². The summed E-state index contributed by atoms with van der Waals surface area (Å²) < 4.78 is 5.99. The number of rotatable bonds is 4. The summed E-state index contributed by atoms with van der Waals surface area (Å²) in [5.41, 5.74) is 0.263. The van der Waals surface area contributed by atoms with E-state index in [0.29, 0.717) is 18.2 Å². The number of nitrogens with zero attached hydrogens (tertiary/aromatic N) is 1. The van der Waals surface area contributed by atoms with Crippen LogP contribution < -0.4 is 5.32 Å². The highest BCUT2D eigenvalue weighted by molar-refractivity contribution is 4.94. The fraction of sp³-hybridized carbons (Fsp3) is 1.00. The maximum Gasteiger partial charge on any atom is 0.0706 e. The predicted molar refractivity (Wildman–Crippen MR) is 75.9 cm³/mol. The van der Waals surface area contributed by atoms with Crippen LogP contribution in [-0.2, 0) is 4.74 Å². The van der Waals surface area contributed by atoms with Gasteiger partial charge in [-0.25, -0.2) is 0 Å². The Hall–Kier alpha value is -0.120. The minimum atomic E-state index is 0.263. The molecular formula is C15H30N2O. The second kappa shape index (κ2) is 5.89. The minimum absolute atomic E-state index is 0.263. The molecule has 0 spiro atoms. The van der Waals surface area contributed by atoms with Gasteiger partial charge in [0, 0.05) is 31.2 Å². The summed E-state index contributed by atoms with van der Waals surface area (Å²) in [6.07, 6.45) is 5.94. The molecule has 2 rings (SSSR count). The molecule has 0 bridgehead atoms. The van der Waals surface area contributed by atoms with Crippen molar-refractivity contribution in [1.29, 1.82) is 0 Å². The van der Waals surface area contributed by atoms with Crippen molar-refractivity contribution in [2.75, 3.05) is 19.6 Å². The van der Waals surface area contributed by atoms with E-state index in [1.165, 1.54) is 32.2 Å². The third kappa shape index (κ3) is 3.46. The molecule has 0 saturated carbocycles. The highest BCUT2D eigenvalue weighted by Gasteiger charge is 2.36. The van der Waals surface area contributed by atoms with E-state index < -0.39 is 0 Å². The Morgan fingerprint density at radius 2 is 2.11 bits per heavy atom. The molecule has 3 unspecified atom stereocenters. The van der Waals surface area contributed by atoms with Crippen LogP contribution in [0, 0.1) is 0 Å². The van der Waals surface area contributed by atoms with Crippen molar-refractivity contribution < 1.29 is 4.74 Å². The molecular weight excluding hydrogens is 224 g/mol. The molecule has 2 heterocycles. The molecule has 106 valence electrons. The first-order valence-electron chi connectivity index (χ1n) is 7.65. The lowest BCUT2D eigenvalue weighted by Crippen LogP contribution is -2.63. The fourth-order valence-corrected chi connectivity index (χ4v) is 3.21. The van der Waals surface area contributed by atoms with Gasteiger partial charge in [-0.3, -0.25) is 4.90 Å². The molecule has 0 aliphatic carbocycles. The number of ether oxygens (including phenoxy) is 1. The van der Waals surface area contributed by atoms with Crippen LogP contribution in [0.25, 0.3) is 0 Å². The van der Waals surface area contributed by atoms with Crippen LogP contribution in [0.5, 0.6) is 0 Å². The van der Waals surface area contributed by atoms with Crippen molar-refractivity contribution in [2.24, 2.45) is 0 Å². The van der Waals surface area contributed by atoms with E-state index in [-0.39, 0.29) is 5.54 Å². The van der Waals surface area contributed by atoms with Crippen LogP contribution in [0.15, 0.2) is 0 Å². The van der Waals surface area contributed by atoms with Crippen molar-refractivity contribution >= 4 is 0 Å². The third-order valence-electron chi connectivity index (χ3n) is 4.50. The summed E-state index contributed by atoms with van der Waals surface area (Å²) in [6.45, 7) is 12.5. The van der Waals surface area contributed by atoms with Gasteiger partial charge in [-0.15, -0.1) is 0 Å². The van der Waals surface area contributed by atoms with E-state index in [1.54, 1.807) is 0 Å². The quantitative estimate of drug-likeness (QED) is 0.834. The Morgan fingerprint density at radius 1 is 1.33 bits per heavy atom. The molecule has 2 aliphatic heterocycles. The lowest BCUT2D eigenvalue weighted by Gasteiger charge is -2.47. The first kappa shape index (κ1) is 14.3. The van der Waals surface area contributed by atoms with Gasteiger partial charge >= 0.3 is 0 Å². The average molecular weight is 254 g/mol. The standard InChI is InChI=1S/C15H30N2O/c1-5-6-13-9-17(15(3,4)11-16-13)10-14-8-7-12(2)18-14/h12-14,16H,5-11H2,1-4H3. The fourth-order valence-electron chi connectivity index (χ4n) is 3.21. The second-order valence-corrected chi connectivity index (χ2v) is 6.73. The highest BCUT2D eigenvalue weighted by atomic mass is 16.5. The summed E-state index contributed by atoms with van der Waals surface area (Å²) >= 11 is 0. The molecule has 3 atom stereocenters. The molecule has 18 heavy (non-hydrogen) atoms. The summed E-state index contributed by atoms with van der Waals surface area (Å²) in [5.74, 6) is 0. The van der Waals surface area contributed by atoms with E-state index in [9.17, 15) is 0 Å².